The van der Waals surface area contributed by atoms with Crippen LogP contribution in [0.2, 0.25) is 0 Å². The van der Waals surface area contributed by atoms with Gasteiger partial charge in [0.25, 0.3) is 0 Å². The number of rotatable bonds is 9. The van der Waals surface area contributed by atoms with E-state index >= 15 is 0 Å². The van der Waals surface area contributed by atoms with Crippen LogP contribution in [0.15, 0.2) is 76.4 Å². The van der Waals surface area contributed by atoms with Crippen molar-refractivity contribution in [2.45, 2.75) is 16.9 Å². The van der Waals surface area contributed by atoms with E-state index in [9.17, 15) is 9.18 Å². The second-order valence-corrected chi connectivity index (χ2v) is 9.75. The van der Waals surface area contributed by atoms with Crippen LogP contribution in [0.25, 0.3) is 0 Å². The van der Waals surface area contributed by atoms with Crippen molar-refractivity contribution in [3.8, 4) is 0 Å². The largest absolute Gasteiger partial charge is 0.356 e. The average molecular weight is 471 g/mol. The van der Waals surface area contributed by atoms with Gasteiger partial charge >= 0.3 is 0 Å². The predicted molar refractivity (Wildman–Crippen MR) is 125 cm³/mol. The quantitative estimate of drug-likeness (QED) is 0.323. The van der Waals surface area contributed by atoms with E-state index in [0.29, 0.717) is 6.54 Å². The number of benzene rings is 2. The first kappa shape index (κ1) is 21.5. The minimum atomic E-state index is -0.314. The van der Waals surface area contributed by atoms with Crippen LogP contribution >= 0.6 is 34.4 Å². The van der Waals surface area contributed by atoms with Gasteiger partial charge in [-0.25, -0.2) is 4.39 Å². The van der Waals surface area contributed by atoms with Crippen molar-refractivity contribution < 1.29 is 9.18 Å². The van der Waals surface area contributed by atoms with Gasteiger partial charge in [0.05, 0.1) is 11.8 Å². The number of thioether (sulfide) groups is 1. The summed E-state index contributed by atoms with van der Waals surface area (Å²) in [5.41, 5.74) is 2.00. The van der Waals surface area contributed by atoms with Gasteiger partial charge in [-0.15, -0.1) is 21.5 Å². The molecule has 0 bridgehead atoms. The lowest BCUT2D eigenvalue weighted by Gasteiger charge is -2.18. The van der Waals surface area contributed by atoms with Crippen molar-refractivity contribution >= 4 is 45.5 Å². The van der Waals surface area contributed by atoms with Gasteiger partial charge in [-0.2, -0.15) is 0 Å². The number of anilines is 1. The molecule has 0 aliphatic rings. The summed E-state index contributed by atoms with van der Waals surface area (Å²) in [6.45, 7) is 0.667. The number of thiophene rings is 1. The fourth-order valence-electron chi connectivity index (χ4n) is 2.87. The van der Waals surface area contributed by atoms with Crippen molar-refractivity contribution in [1.82, 2.24) is 15.5 Å². The Morgan fingerprint density at radius 3 is 2.58 bits per heavy atom. The van der Waals surface area contributed by atoms with E-state index in [-0.39, 0.29) is 23.5 Å². The summed E-state index contributed by atoms with van der Waals surface area (Å²) >= 11 is 4.31. The summed E-state index contributed by atoms with van der Waals surface area (Å²) in [6.07, 6.45) is 0. The number of carbonyl (C=O) groups excluding carboxylic acids is 1. The van der Waals surface area contributed by atoms with Gasteiger partial charge in [0.15, 0.2) is 4.34 Å². The highest BCUT2D eigenvalue weighted by Gasteiger charge is 2.18. The molecule has 0 spiro atoms. The molecule has 31 heavy (non-hydrogen) atoms. The first-order valence-corrected chi connectivity index (χ1v) is 12.2. The van der Waals surface area contributed by atoms with Gasteiger partial charge in [-0.05, 0) is 34.7 Å². The Bertz CT molecular complexity index is 1100. The van der Waals surface area contributed by atoms with Gasteiger partial charge < -0.3 is 10.6 Å². The third-order valence-corrected chi connectivity index (χ3v) is 7.31. The maximum Gasteiger partial charge on any atom is 0.231 e. The summed E-state index contributed by atoms with van der Waals surface area (Å²) < 4.78 is 14.0. The number of carbonyl (C=O) groups is 1. The third-order valence-electron chi connectivity index (χ3n) is 4.36. The Hall–Kier alpha value is -2.75. The highest BCUT2D eigenvalue weighted by atomic mass is 32.2. The van der Waals surface area contributed by atoms with Crippen LogP contribution in [-0.4, -0.2) is 21.9 Å². The van der Waals surface area contributed by atoms with Gasteiger partial charge in [0.2, 0.25) is 11.0 Å². The van der Waals surface area contributed by atoms with Crippen molar-refractivity contribution in [3.05, 3.63) is 93.9 Å². The molecule has 2 aromatic carbocycles. The van der Waals surface area contributed by atoms with Gasteiger partial charge in [-0.3, -0.25) is 4.79 Å². The summed E-state index contributed by atoms with van der Waals surface area (Å²) in [6, 6.07) is 19.8. The Morgan fingerprint density at radius 1 is 1.03 bits per heavy atom. The van der Waals surface area contributed by atoms with Crippen LogP contribution in [0.3, 0.4) is 0 Å². The first-order valence-electron chi connectivity index (χ1n) is 9.50. The molecule has 0 radical (unpaired) electrons. The van der Waals surface area contributed by atoms with Crippen LogP contribution in [-0.2, 0) is 11.3 Å². The second kappa shape index (κ2) is 10.5. The van der Waals surface area contributed by atoms with Crippen LogP contribution < -0.4 is 10.6 Å². The van der Waals surface area contributed by atoms with E-state index in [1.54, 1.807) is 23.5 Å². The molecular weight excluding hydrogens is 451 g/mol. The SMILES string of the molecule is O=C(CSc1nnc(NCc2ccccc2)s1)NC(c1ccc(F)cc1)c1cccs1. The van der Waals surface area contributed by atoms with Crippen molar-refractivity contribution in [3.63, 3.8) is 0 Å². The third kappa shape index (κ3) is 6.13. The Labute approximate surface area is 191 Å². The predicted octanol–water partition coefficient (Wildman–Crippen LogP) is 5.35. The van der Waals surface area contributed by atoms with E-state index < -0.39 is 0 Å². The molecular formula is C22H19FN4OS3. The molecule has 2 N–H and O–H groups in total. The van der Waals surface area contributed by atoms with E-state index in [4.69, 9.17) is 0 Å². The maximum atomic E-state index is 13.3. The topological polar surface area (TPSA) is 66.9 Å². The number of amides is 1. The average Bonchev–Trinajstić information content (AvgIpc) is 3.48. The van der Waals surface area contributed by atoms with Gasteiger partial charge in [-0.1, -0.05) is 71.6 Å². The van der Waals surface area contributed by atoms with Crippen LogP contribution in [0.4, 0.5) is 9.52 Å². The number of aromatic nitrogens is 2. The van der Waals surface area contributed by atoms with Crippen molar-refractivity contribution in [2.75, 3.05) is 11.1 Å². The fraction of sp³-hybridized carbons (Fsp3) is 0.136. The molecule has 1 unspecified atom stereocenters. The zero-order valence-corrected chi connectivity index (χ0v) is 18.8. The molecule has 1 atom stereocenters. The summed E-state index contributed by atoms with van der Waals surface area (Å²) in [5.74, 6) is -0.207. The van der Waals surface area contributed by atoms with Crippen LogP contribution in [0.5, 0.6) is 0 Å². The number of nitrogens with one attached hydrogen (secondary N) is 2. The molecule has 0 fully saturated rings. The number of nitrogens with zero attached hydrogens (tertiary/aromatic N) is 2. The summed E-state index contributed by atoms with van der Waals surface area (Å²) in [5, 5.41) is 17.3. The molecule has 158 valence electrons. The monoisotopic (exact) mass is 470 g/mol. The molecule has 9 heteroatoms. The molecule has 2 aromatic heterocycles. The molecule has 0 aliphatic heterocycles. The Morgan fingerprint density at radius 2 is 1.84 bits per heavy atom. The summed E-state index contributed by atoms with van der Waals surface area (Å²) in [7, 11) is 0. The van der Waals surface area contributed by atoms with E-state index in [2.05, 4.69) is 20.8 Å². The molecule has 1 amide bonds. The second-order valence-electron chi connectivity index (χ2n) is 6.57. The van der Waals surface area contributed by atoms with E-state index in [0.717, 1.165) is 25.5 Å². The maximum absolute atomic E-state index is 13.3. The van der Waals surface area contributed by atoms with Crippen LogP contribution in [0.1, 0.15) is 22.0 Å². The highest BCUT2D eigenvalue weighted by molar-refractivity contribution is 8.01. The molecule has 2 heterocycles. The first-order chi connectivity index (χ1) is 15.2. The molecule has 0 saturated carbocycles. The standard InChI is InChI=1S/C22H19FN4OS3/c23-17-10-8-16(9-11-17)20(18-7-4-12-29-18)25-19(28)14-30-22-27-26-21(31-22)24-13-15-5-2-1-3-6-15/h1-12,20H,13-14H2,(H,24,26)(H,25,28). The van der Waals surface area contributed by atoms with Gasteiger partial charge in [0, 0.05) is 11.4 Å². The zero-order chi connectivity index (χ0) is 21.5. The lowest BCUT2D eigenvalue weighted by Crippen LogP contribution is -2.30. The molecule has 0 saturated heterocycles. The number of halogens is 1. The molecule has 0 aliphatic carbocycles. The van der Waals surface area contributed by atoms with Gasteiger partial charge in [0.1, 0.15) is 5.82 Å². The minimum absolute atomic E-state index is 0.123. The number of hydrogen-bond acceptors (Lipinski definition) is 7. The Balaban J connectivity index is 1.32. The number of hydrogen-bond donors (Lipinski definition) is 2. The van der Waals surface area contributed by atoms with E-state index in [1.807, 2.05) is 47.8 Å². The minimum Gasteiger partial charge on any atom is -0.356 e. The Kier molecular flexibility index (Phi) is 7.29. The van der Waals surface area contributed by atoms with Crippen molar-refractivity contribution in [2.24, 2.45) is 0 Å². The van der Waals surface area contributed by atoms with E-state index in [1.165, 1.54) is 35.2 Å². The normalized spacial score (nSPS) is 11.8. The lowest BCUT2D eigenvalue weighted by molar-refractivity contribution is -0.119. The molecule has 4 aromatic rings. The molecule has 4 rings (SSSR count). The highest BCUT2D eigenvalue weighted by Crippen LogP contribution is 2.28. The fourth-order valence-corrected chi connectivity index (χ4v) is 5.23. The van der Waals surface area contributed by atoms with Crippen molar-refractivity contribution in [1.29, 1.82) is 0 Å². The smallest absolute Gasteiger partial charge is 0.231 e. The van der Waals surface area contributed by atoms with Crippen LogP contribution in [0, 0.1) is 5.82 Å². The zero-order valence-electron chi connectivity index (χ0n) is 16.3. The lowest BCUT2D eigenvalue weighted by atomic mass is 10.1. The summed E-state index contributed by atoms with van der Waals surface area (Å²) in [4.78, 5) is 13.6. The molecule has 5 nitrogen and oxygen atoms in total.